The Morgan fingerprint density at radius 2 is 2.36 bits per heavy atom. The van der Waals surface area contributed by atoms with Gasteiger partial charge in [-0.25, -0.2) is 0 Å². The van der Waals surface area contributed by atoms with Crippen LogP contribution in [0.3, 0.4) is 0 Å². The molecule has 0 bridgehead atoms. The molecule has 0 spiro atoms. The molecule has 0 radical (unpaired) electrons. The largest absolute Gasteiger partial charge is 0.365 e. The summed E-state index contributed by atoms with van der Waals surface area (Å²) in [5.74, 6) is -0.530. The van der Waals surface area contributed by atoms with Gasteiger partial charge in [0.2, 0.25) is 5.79 Å². The number of aliphatic hydroxyl groups excluding tert-OH is 1. The Morgan fingerprint density at radius 1 is 1.73 bits per heavy atom. The van der Waals surface area contributed by atoms with Crippen molar-refractivity contribution in [1.82, 2.24) is 0 Å². The molecule has 2 fully saturated rings. The summed E-state index contributed by atoms with van der Waals surface area (Å²) < 4.78 is 10.4. The van der Waals surface area contributed by atoms with E-state index in [9.17, 15) is 0 Å². The van der Waals surface area contributed by atoms with Crippen molar-refractivity contribution in [2.24, 2.45) is 0 Å². The maximum atomic E-state index is 9.12. The summed E-state index contributed by atoms with van der Waals surface area (Å²) in [7, 11) is 0. The Balaban J connectivity index is 2.05. The number of fused-ring (bicyclic) bond motifs is 1. The van der Waals surface area contributed by atoms with Gasteiger partial charge in [-0.2, -0.15) is 0 Å². The van der Waals surface area contributed by atoms with Crippen LogP contribution < -0.4 is 0 Å². The number of rotatable bonds is 2. The molecular formula is C8H12O3. The van der Waals surface area contributed by atoms with Crippen molar-refractivity contribution in [1.29, 1.82) is 0 Å². The van der Waals surface area contributed by atoms with Gasteiger partial charge in [0.25, 0.3) is 0 Å². The van der Waals surface area contributed by atoms with E-state index >= 15 is 0 Å². The van der Waals surface area contributed by atoms with Crippen molar-refractivity contribution < 1.29 is 14.6 Å². The third-order valence-electron chi connectivity index (χ3n) is 2.40. The standard InChI is InChI=1S/C8H12O3/c1-5(2)4-8-7(3,11-8)6(9)10-8/h6,9H,1,4H2,2-3H3/t6?,7-,8?/m1/s1. The van der Waals surface area contributed by atoms with Crippen molar-refractivity contribution in [3.05, 3.63) is 12.2 Å². The van der Waals surface area contributed by atoms with Crippen LogP contribution in [0.25, 0.3) is 0 Å². The predicted octanol–water partition coefficient (Wildman–Crippen LogP) is 0.786. The van der Waals surface area contributed by atoms with E-state index in [1.165, 1.54) is 0 Å². The van der Waals surface area contributed by atoms with Gasteiger partial charge in [-0.15, -0.1) is 0 Å². The number of hydrogen-bond donors (Lipinski definition) is 1. The maximum absolute atomic E-state index is 9.12. The lowest BCUT2D eigenvalue weighted by atomic mass is 9.93. The SMILES string of the molecule is C=C(C)CC12OC(O)[C@@]1(C)O2. The van der Waals surface area contributed by atoms with Crippen LogP contribution in [0, 0.1) is 0 Å². The second-order valence-corrected chi connectivity index (χ2v) is 3.57. The van der Waals surface area contributed by atoms with E-state index in [1.807, 2.05) is 13.8 Å². The summed E-state index contributed by atoms with van der Waals surface area (Å²) in [4.78, 5) is 0. The van der Waals surface area contributed by atoms with Gasteiger partial charge < -0.3 is 14.6 Å². The molecule has 2 aliphatic heterocycles. The minimum Gasteiger partial charge on any atom is -0.365 e. The lowest BCUT2D eigenvalue weighted by Crippen LogP contribution is -2.51. The zero-order valence-corrected chi connectivity index (χ0v) is 6.76. The number of hydrogen-bond acceptors (Lipinski definition) is 3. The van der Waals surface area contributed by atoms with Crippen LogP contribution in [0.2, 0.25) is 0 Å². The van der Waals surface area contributed by atoms with E-state index in [4.69, 9.17) is 14.6 Å². The zero-order chi connectivity index (χ0) is 8.28. The Labute approximate surface area is 65.6 Å². The summed E-state index contributed by atoms with van der Waals surface area (Å²) in [5.41, 5.74) is 0.562. The Morgan fingerprint density at radius 3 is 2.64 bits per heavy atom. The van der Waals surface area contributed by atoms with Gasteiger partial charge in [-0.05, 0) is 13.8 Å². The molecule has 2 rings (SSSR count). The van der Waals surface area contributed by atoms with Gasteiger partial charge in [0.15, 0.2) is 11.9 Å². The molecular weight excluding hydrogens is 144 g/mol. The fourth-order valence-electron chi connectivity index (χ4n) is 1.58. The van der Waals surface area contributed by atoms with Crippen molar-refractivity contribution >= 4 is 0 Å². The molecule has 11 heavy (non-hydrogen) atoms. The molecule has 0 amide bonds. The Bertz CT molecular complexity index is 221. The van der Waals surface area contributed by atoms with Crippen LogP contribution in [0.4, 0.5) is 0 Å². The second-order valence-electron chi connectivity index (χ2n) is 3.57. The third kappa shape index (κ3) is 0.682. The van der Waals surface area contributed by atoms with E-state index in [-0.39, 0.29) is 0 Å². The van der Waals surface area contributed by atoms with Gasteiger partial charge in [-0.3, -0.25) is 0 Å². The first-order valence-corrected chi connectivity index (χ1v) is 3.71. The monoisotopic (exact) mass is 156 g/mol. The van der Waals surface area contributed by atoms with Crippen molar-refractivity contribution in [2.75, 3.05) is 0 Å². The molecule has 3 heteroatoms. The second kappa shape index (κ2) is 1.68. The highest BCUT2D eigenvalue weighted by molar-refractivity contribution is 5.21. The van der Waals surface area contributed by atoms with Crippen LogP contribution >= 0.6 is 0 Å². The molecule has 0 aromatic heterocycles. The lowest BCUT2D eigenvalue weighted by molar-refractivity contribution is -0.246. The Hall–Kier alpha value is -0.380. The predicted molar refractivity (Wildman–Crippen MR) is 38.7 cm³/mol. The highest BCUT2D eigenvalue weighted by Crippen LogP contribution is 2.63. The van der Waals surface area contributed by atoms with Crippen LogP contribution in [0.1, 0.15) is 20.3 Å². The maximum Gasteiger partial charge on any atom is 0.210 e. The fourth-order valence-corrected chi connectivity index (χ4v) is 1.58. The van der Waals surface area contributed by atoms with E-state index in [1.54, 1.807) is 0 Å². The molecule has 2 unspecified atom stereocenters. The minimum atomic E-state index is -0.748. The molecule has 2 aliphatic rings. The van der Waals surface area contributed by atoms with Gasteiger partial charge in [0.1, 0.15) is 0 Å². The van der Waals surface area contributed by atoms with Crippen molar-refractivity contribution in [2.45, 2.75) is 37.9 Å². The van der Waals surface area contributed by atoms with E-state index < -0.39 is 17.7 Å². The molecule has 2 heterocycles. The molecule has 2 saturated heterocycles. The lowest BCUT2D eigenvalue weighted by Gasteiger charge is -2.32. The first kappa shape index (κ1) is 7.28. The van der Waals surface area contributed by atoms with E-state index in [0.717, 1.165) is 5.57 Å². The summed E-state index contributed by atoms with van der Waals surface area (Å²) in [5, 5.41) is 9.12. The molecule has 3 atom stereocenters. The van der Waals surface area contributed by atoms with Crippen molar-refractivity contribution in [3.8, 4) is 0 Å². The van der Waals surface area contributed by atoms with Gasteiger partial charge >= 0.3 is 0 Å². The topological polar surface area (TPSA) is 42.0 Å². The van der Waals surface area contributed by atoms with Crippen molar-refractivity contribution in [3.63, 3.8) is 0 Å². The summed E-state index contributed by atoms with van der Waals surface area (Å²) >= 11 is 0. The summed E-state index contributed by atoms with van der Waals surface area (Å²) in [6.07, 6.45) is -0.0672. The minimum absolute atomic E-state index is 0.452. The highest BCUT2D eigenvalue weighted by Gasteiger charge is 2.82. The highest BCUT2D eigenvalue weighted by atomic mass is 16.9. The average molecular weight is 156 g/mol. The van der Waals surface area contributed by atoms with Gasteiger partial charge in [-0.1, -0.05) is 12.2 Å². The number of epoxide rings is 1. The van der Waals surface area contributed by atoms with Gasteiger partial charge in [0, 0.05) is 6.42 Å². The summed E-state index contributed by atoms with van der Waals surface area (Å²) in [6.45, 7) is 7.54. The van der Waals surface area contributed by atoms with E-state index in [0.29, 0.717) is 6.42 Å². The number of ether oxygens (including phenoxy) is 2. The molecule has 0 saturated carbocycles. The molecule has 3 nitrogen and oxygen atoms in total. The normalized spacial score (nSPS) is 52.8. The molecule has 0 aliphatic carbocycles. The molecule has 62 valence electrons. The molecule has 0 aromatic carbocycles. The van der Waals surface area contributed by atoms with Crippen LogP contribution in [0.5, 0.6) is 0 Å². The van der Waals surface area contributed by atoms with Gasteiger partial charge in [0.05, 0.1) is 0 Å². The first-order valence-electron chi connectivity index (χ1n) is 3.71. The zero-order valence-electron chi connectivity index (χ0n) is 6.76. The van der Waals surface area contributed by atoms with Crippen LogP contribution in [-0.2, 0) is 9.47 Å². The smallest absolute Gasteiger partial charge is 0.210 e. The van der Waals surface area contributed by atoms with Crippen LogP contribution in [0.15, 0.2) is 12.2 Å². The Kier molecular flexibility index (Phi) is 1.11. The third-order valence-corrected chi connectivity index (χ3v) is 2.40. The van der Waals surface area contributed by atoms with Crippen LogP contribution in [-0.4, -0.2) is 22.8 Å². The molecule has 0 aromatic rings. The quantitative estimate of drug-likeness (QED) is 0.474. The first-order chi connectivity index (χ1) is 5.00. The fraction of sp³-hybridized carbons (Fsp3) is 0.750. The molecule has 1 N–H and O–H groups in total. The average Bonchev–Trinajstić information content (AvgIpc) is 2.29. The number of aliphatic hydroxyl groups is 1. The van der Waals surface area contributed by atoms with E-state index in [2.05, 4.69) is 6.58 Å². The summed E-state index contributed by atoms with van der Waals surface area (Å²) in [6, 6.07) is 0.